The molecule has 1 heterocycles. The second kappa shape index (κ2) is 10.6. The zero-order valence-corrected chi connectivity index (χ0v) is 18.0. The highest BCUT2D eigenvalue weighted by Crippen LogP contribution is 2.37. The van der Waals surface area contributed by atoms with E-state index in [2.05, 4.69) is 25.6 Å². The van der Waals surface area contributed by atoms with Crippen molar-refractivity contribution in [3.63, 3.8) is 0 Å². The second-order valence-electron chi connectivity index (χ2n) is 6.81. The molecule has 3 aromatic rings. The van der Waals surface area contributed by atoms with Gasteiger partial charge in [-0.05, 0) is 40.5 Å². The third-order valence-electron chi connectivity index (χ3n) is 4.44. The van der Waals surface area contributed by atoms with Crippen molar-refractivity contribution in [1.29, 1.82) is 0 Å². The van der Waals surface area contributed by atoms with Crippen LogP contribution >= 0.6 is 11.6 Å². The molecule has 2 aromatic carbocycles. The Bertz CT molecular complexity index is 1020. The molecular formula is C21H24ClN5O4. The monoisotopic (exact) mass is 445 g/mol. The summed E-state index contributed by atoms with van der Waals surface area (Å²) in [6.45, 7) is 3.84. The summed E-state index contributed by atoms with van der Waals surface area (Å²) in [5, 5.41) is 13.2. The Balaban J connectivity index is 1.50. The van der Waals surface area contributed by atoms with Gasteiger partial charge in [0.05, 0.1) is 12.1 Å². The van der Waals surface area contributed by atoms with Crippen molar-refractivity contribution in [2.45, 2.75) is 20.1 Å². The highest BCUT2D eigenvalue weighted by atomic mass is 35.5. The van der Waals surface area contributed by atoms with E-state index in [0.717, 1.165) is 11.1 Å². The zero-order chi connectivity index (χ0) is 22.2. The maximum absolute atomic E-state index is 11.9. The molecule has 31 heavy (non-hydrogen) atoms. The van der Waals surface area contributed by atoms with Gasteiger partial charge in [-0.1, -0.05) is 41.4 Å². The molecular weight excluding hydrogens is 422 g/mol. The first-order valence-electron chi connectivity index (χ1n) is 9.59. The number of nitrogens with one attached hydrogen (secondary N) is 2. The smallest absolute Gasteiger partial charge is 0.277 e. The first-order valence-corrected chi connectivity index (χ1v) is 9.97. The lowest BCUT2D eigenvalue weighted by atomic mass is 10.1. The van der Waals surface area contributed by atoms with E-state index in [1.165, 1.54) is 5.56 Å². The van der Waals surface area contributed by atoms with Crippen LogP contribution in [0.5, 0.6) is 11.5 Å². The van der Waals surface area contributed by atoms with E-state index >= 15 is 0 Å². The number of carbonyl (C=O) groups is 1. The molecule has 164 valence electrons. The van der Waals surface area contributed by atoms with Gasteiger partial charge in [0.2, 0.25) is 11.5 Å². The van der Waals surface area contributed by atoms with Gasteiger partial charge in [0.25, 0.3) is 5.91 Å². The molecule has 0 fully saturated rings. The zero-order valence-electron chi connectivity index (χ0n) is 17.3. The largest absolute Gasteiger partial charge is 0.493 e. The minimum atomic E-state index is -0.444. The van der Waals surface area contributed by atoms with Gasteiger partial charge >= 0.3 is 0 Å². The van der Waals surface area contributed by atoms with Crippen LogP contribution in [0.1, 0.15) is 27.2 Å². The molecule has 0 aliphatic heterocycles. The van der Waals surface area contributed by atoms with Crippen molar-refractivity contribution < 1.29 is 18.9 Å². The second-order valence-corrected chi connectivity index (χ2v) is 7.22. The first kappa shape index (κ1) is 22.4. The maximum atomic E-state index is 11.9. The van der Waals surface area contributed by atoms with Crippen molar-refractivity contribution >= 4 is 23.3 Å². The fourth-order valence-corrected chi connectivity index (χ4v) is 3.08. The number of anilines is 1. The van der Waals surface area contributed by atoms with Crippen LogP contribution in [0.3, 0.4) is 0 Å². The number of hydrogen-bond donors (Lipinski definition) is 3. The average Bonchev–Trinajstić information content (AvgIpc) is 3.19. The molecule has 0 unspecified atom stereocenters. The Labute approximate surface area is 184 Å². The minimum Gasteiger partial charge on any atom is -0.493 e. The molecule has 0 radical (unpaired) electrons. The number of nitrogens with zero attached hydrogens (tertiary/aromatic N) is 2. The van der Waals surface area contributed by atoms with Gasteiger partial charge in [-0.25, -0.2) is 4.63 Å². The molecule has 9 nitrogen and oxygen atoms in total. The summed E-state index contributed by atoms with van der Waals surface area (Å²) < 4.78 is 15.8. The van der Waals surface area contributed by atoms with Gasteiger partial charge < -0.3 is 25.8 Å². The topological polar surface area (TPSA) is 125 Å². The van der Waals surface area contributed by atoms with Gasteiger partial charge in [0.1, 0.15) is 6.61 Å². The normalized spacial score (nSPS) is 10.7. The minimum absolute atomic E-state index is 0.0299. The SMILES string of the molecule is COc1cc(CNCCNC(=O)c2nonc2N)cc(Cl)c1OCc1ccc(C)cc1. The molecule has 10 heteroatoms. The van der Waals surface area contributed by atoms with Crippen molar-refractivity contribution in [2.24, 2.45) is 0 Å². The lowest BCUT2D eigenvalue weighted by molar-refractivity contribution is 0.0944. The molecule has 4 N–H and O–H groups in total. The summed E-state index contributed by atoms with van der Waals surface area (Å²) >= 11 is 6.43. The maximum Gasteiger partial charge on any atom is 0.277 e. The number of nitrogen functional groups attached to an aromatic ring is 1. The molecule has 0 atom stereocenters. The number of nitrogens with two attached hydrogens (primary N) is 1. The van der Waals surface area contributed by atoms with Crippen LogP contribution in [-0.2, 0) is 13.2 Å². The van der Waals surface area contributed by atoms with Crippen molar-refractivity contribution in [3.05, 3.63) is 63.8 Å². The Morgan fingerprint density at radius 2 is 1.94 bits per heavy atom. The molecule has 1 aromatic heterocycles. The van der Waals surface area contributed by atoms with E-state index in [1.807, 2.05) is 43.3 Å². The molecule has 1 amide bonds. The van der Waals surface area contributed by atoms with E-state index in [-0.39, 0.29) is 11.5 Å². The summed E-state index contributed by atoms with van der Waals surface area (Å²) in [5.74, 6) is 0.565. The van der Waals surface area contributed by atoms with E-state index in [0.29, 0.717) is 42.8 Å². The molecule has 3 rings (SSSR count). The summed E-state index contributed by atoms with van der Waals surface area (Å²) in [7, 11) is 1.57. The van der Waals surface area contributed by atoms with Crippen LogP contribution in [0.2, 0.25) is 5.02 Å². The summed E-state index contributed by atoms with van der Waals surface area (Å²) in [6.07, 6.45) is 0. The molecule has 0 saturated carbocycles. The van der Waals surface area contributed by atoms with Crippen LogP contribution in [0.15, 0.2) is 41.0 Å². The molecule has 0 bridgehead atoms. The predicted octanol–water partition coefficient (Wildman–Crippen LogP) is 2.72. The summed E-state index contributed by atoms with van der Waals surface area (Å²) in [6, 6.07) is 11.8. The van der Waals surface area contributed by atoms with Crippen molar-refractivity contribution in [1.82, 2.24) is 20.9 Å². The fraction of sp³-hybridized carbons (Fsp3) is 0.286. The number of aryl methyl sites for hydroxylation is 1. The van der Waals surface area contributed by atoms with Crippen molar-refractivity contribution in [3.8, 4) is 11.5 Å². The van der Waals surface area contributed by atoms with Gasteiger partial charge in [-0.15, -0.1) is 0 Å². The third-order valence-corrected chi connectivity index (χ3v) is 4.72. The fourth-order valence-electron chi connectivity index (χ4n) is 2.79. The number of aromatic nitrogens is 2. The standard InChI is InChI=1S/C21H24ClN5O4/c1-13-3-5-14(6-4-13)12-30-19-16(22)9-15(10-17(19)29-2)11-24-7-8-25-21(28)18-20(23)27-31-26-18/h3-6,9-10,24H,7-8,11-12H2,1-2H3,(H2,23,27)(H,25,28). The van der Waals surface area contributed by atoms with E-state index < -0.39 is 5.91 Å². The molecule has 0 saturated heterocycles. The van der Waals surface area contributed by atoms with E-state index in [1.54, 1.807) is 7.11 Å². The van der Waals surface area contributed by atoms with Crippen LogP contribution in [0.25, 0.3) is 0 Å². The van der Waals surface area contributed by atoms with Gasteiger partial charge in [0, 0.05) is 19.6 Å². The number of benzene rings is 2. The Hall–Kier alpha value is -3.30. The summed E-state index contributed by atoms with van der Waals surface area (Å²) in [5.41, 5.74) is 8.60. The number of methoxy groups -OCH3 is 1. The van der Waals surface area contributed by atoms with Gasteiger partial charge in [-0.2, -0.15) is 0 Å². The quantitative estimate of drug-likeness (QED) is 0.407. The van der Waals surface area contributed by atoms with E-state index in [4.69, 9.17) is 26.8 Å². The molecule has 0 aliphatic rings. The number of ether oxygens (including phenoxy) is 2. The van der Waals surface area contributed by atoms with Crippen LogP contribution in [0, 0.1) is 6.92 Å². The average molecular weight is 446 g/mol. The molecule has 0 aliphatic carbocycles. The lowest BCUT2D eigenvalue weighted by Gasteiger charge is -2.15. The Morgan fingerprint density at radius 3 is 2.61 bits per heavy atom. The lowest BCUT2D eigenvalue weighted by Crippen LogP contribution is -2.32. The van der Waals surface area contributed by atoms with Gasteiger partial charge in [-0.3, -0.25) is 4.79 Å². The number of carbonyl (C=O) groups excluding carboxylic acids is 1. The molecule has 0 spiro atoms. The van der Waals surface area contributed by atoms with Gasteiger partial charge in [0.15, 0.2) is 11.5 Å². The number of rotatable bonds is 10. The van der Waals surface area contributed by atoms with E-state index in [9.17, 15) is 4.79 Å². The van der Waals surface area contributed by atoms with Crippen LogP contribution in [0.4, 0.5) is 5.82 Å². The third kappa shape index (κ3) is 6.09. The number of halogens is 1. The first-order chi connectivity index (χ1) is 15.0. The summed E-state index contributed by atoms with van der Waals surface area (Å²) in [4.78, 5) is 11.9. The van der Waals surface area contributed by atoms with Crippen LogP contribution < -0.4 is 25.8 Å². The van der Waals surface area contributed by atoms with Crippen molar-refractivity contribution in [2.75, 3.05) is 25.9 Å². The Kier molecular flexibility index (Phi) is 7.69. The van der Waals surface area contributed by atoms with Crippen LogP contribution in [-0.4, -0.2) is 36.4 Å². The predicted molar refractivity (Wildman–Crippen MR) is 116 cm³/mol. The highest BCUT2D eigenvalue weighted by Gasteiger charge is 2.15. The Morgan fingerprint density at radius 1 is 1.16 bits per heavy atom. The highest BCUT2D eigenvalue weighted by molar-refractivity contribution is 6.32. The number of hydrogen-bond acceptors (Lipinski definition) is 8. The number of amides is 1.